The third kappa shape index (κ3) is 1.75. The highest BCUT2D eigenvalue weighted by Gasteiger charge is 2.20. The van der Waals surface area contributed by atoms with E-state index in [2.05, 4.69) is 4.98 Å². The van der Waals surface area contributed by atoms with Crippen molar-refractivity contribution in [1.82, 2.24) is 4.98 Å². The minimum absolute atomic E-state index is 0.123. The van der Waals surface area contributed by atoms with E-state index in [4.69, 9.17) is 22.6 Å². The van der Waals surface area contributed by atoms with Gasteiger partial charge in [0.1, 0.15) is 17.5 Å². The van der Waals surface area contributed by atoms with Crippen molar-refractivity contribution in [3.63, 3.8) is 0 Å². The van der Waals surface area contributed by atoms with Crippen molar-refractivity contribution in [1.29, 1.82) is 5.26 Å². The minimum Gasteiger partial charge on any atom is -0.383 e. The third-order valence-electron chi connectivity index (χ3n) is 1.70. The standard InChI is InChI=1S/C8H6ClF2N3/c9-1-4-3-14-8(13)5(2-12)6(4)7(10)11/h3,7H,1H2,(H2,13,14). The van der Waals surface area contributed by atoms with Gasteiger partial charge in [-0.3, -0.25) is 0 Å². The zero-order valence-electron chi connectivity index (χ0n) is 6.97. The smallest absolute Gasteiger partial charge is 0.265 e. The van der Waals surface area contributed by atoms with Gasteiger partial charge in [0.25, 0.3) is 6.43 Å². The molecule has 0 saturated heterocycles. The van der Waals surface area contributed by atoms with Crippen LogP contribution in [-0.4, -0.2) is 4.98 Å². The quantitative estimate of drug-likeness (QED) is 0.773. The maximum absolute atomic E-state index is 12.5. The second-order valence-electron chi connectivity index (χ2n) is 2.50. The number of nitrogens with zero attached hydrogens (tertiary/aromatic N) is 2. The van der Waals surface area contributed by atoms with Crippen molar-refractivity contribution in [2.75, 3.05) is 5.73 Å². The zero-order valence-corrected chi connectivity index (χ0v) is 7.72. The molecule has 0 amide bonds. The minimum atomic E-state index is -2.77. The molecule has 1 aromatic heterocycles. The fourth-order valence-electron chi connectivity index (χ4n) is 1.05. The van der Waals surface area contributed by atoms with Crippen molar-refractivity contribution in [3.05, 3.63) is 22.9 Å². The first kappa shape index (κ1) is 10.7. The number of hydrogen-bond donors (Lipinski definition) is 1. The van der Waals surface area contributed by atoms with Crippen LogP contribution in [0.15, 0.2) is 6.20 Å². The van der Waals surface area contributed by atoms with Crippen LogP contribution in [0.1, 0.15) is 23.1 Å². The summed E-state index contributed by atoms with van der Waals surface area (Å²) >= 11 is 5.43. The van der Waals surface area contributed by atoms with Gasteiger partial charge < -0.3 is 5.73 Å². The molecule has 0 aliphatic rings. The van der Waals surface area contributed by atoms with Crippen LogP contribution in [-0.2, 0) is 5.88 Å². The Kier molecular flexibility index (Phi) is 3.20. The molecule has 0 atom stereocenters. The maximum Gasteiger partial charge on any atom is 0.265 e. The largest absolute Gasteiger partial charge is 0.383 e. The van der Waals surface area contributed by atoms with Crippen LogP contribution in [0.3, 0.4) is 0 Å². The molecule has 0 fully saturated rings. The lowest BCUT2D eigenvalue weighted by Gasteiger charge is -2.08. The molecule has 0 bridgehead atoms. The van der Waals surface area contributed by atoms with Crippen molar-refractivity contribution in [2.45, 2.75) is 12.3 Å². The number of nitrogen functional groups attached to an aromatic ring is 1. The predicted octanol–water partition coefficient (Wildman–Crippen LogP) is 2.21. The molecule has 0 saturated carbocycles. The number of pyridine rings is 1. The molecular weight excluding hydrogens is 212 g/mol. The second-order valence-corrected chi connectivity index (χ2v) is 2.77. The predicted molar refractivity (Wildman–Crippen MR) is 47.9 cm³/mol. The van der Waals surface area contributed by atoms with E-state index in [0.717, 1.165) is 6.20 Å². The topological polar surface area (TPSA) is 62.7 Å². The summed E-state index contributed by atoms with van der Waals surface area (Å²) in [6.07, 6.45) is -1.62. The van der Waals surface area contributed by atoms with Crippen LogP contribution in [0.5, 0.6) is 0 Å². The number of halogens is 3. The van der Waals surface area contributed by atoms with Crippen molar-refractivity contribution in [3.8, 4) is 6.07 Å². The molecule has 0 spiro atoms. The zero-order chi connectivity index (χ0) is 10.7. The van der Waals surface area contributed by atoms with Gasteiger partial charge in [-0.15, -0.1) is 11.6 Å². The van der Waals surface area contributed by atoms with Crippen molar-refractivity contribution >= 4 is 17.4 Å². The Morgan fingerprint density at radius 2 is 2.29 bits per heavy atom. The van der Waals surface area contributed by atoms with E-state index in [1.807, 2.05) is 0 Å². The van der Waals surface area contributed by atoms with Crippen LogP contribution in [0.2, 0.25) is 0 Å². The first-order valence-electron chi connectivity index (χ1n) is 3.63. The Balaban J connectivity index is 3.46. The number of nitrogens with two attached hydrogens (primary N) is 1. The fourth-order valence-corrected chi connectivity index (χ4v) is 1.27. The molecule has 3 nitrogen and oxygen atoms in total. The summed E-state index contributed by atoms with van der Waals surface area (Å²) in [6, 6.07) is 1.59. The van der Waals surface area contributed by atoms with Crippen LogP contribution in [0, 0.1) is 11.3 Å². The Labute approximate surface area is 84.1 Å². The van der Waals surface area contributed by atoms with E-state index < -0.39 is 12.0 Å². The second kappa shape index (κ2) is 4.20. The normalized spacial score (nSPS) is 10.2. The average Bonchev–Trinajstić information content (AvgIpc) is 2.17. The molecule has 0 radical (unpaired) electrons. The molecule has 2 N–H and O–H groups in total. The summed E-state index contributed by atoms with van der Waals surface area (Å²) in [5, 5.41) is 8.62. The Bertz CT molecular complexity index is 387. The SMILES string of the molecule is N#Cc1c(N)ncc(CCl)c1C(F)F. The molecule has 6 heteroatoms. The lowest BCUT2D eigenvalue weighted by Crippen LogP contribution is -2.04. The molecule has 14 heavy (non-hydrogen) atoms. The van der Waals surface area contributed by atoms with Crippen molar-refractivity contribution < 1.29 is 8.78 Å². The highest BCUT2D eigenvalue weighted by Crippen LogP contribution is 2.29. The van der Waals surface area contributed by atoms with Gasteiger partial charge in [-0.1, -0.05) is 0 Å². The molecule has 0 aromatic carbocycles. The van der Waals surface area contributed by atoms with Crippen LogP contribution < -0.4 is 5.73 Å². The Morgan fingerprint density at radius 1 is 1.64 bits per heavy atom. The van der Waals surface area contributed by atoms with Crippen LogP contribution in [0.25, 0.3) is 0 Å². The number of alkyl halides is 3. The van der Waals surface area contributed by atoms with Gasteiger partial charge in [-0.2, -0.15) is 5.26 Å². The highest BCUT2D eigenvalue weighted by atomic mass is 35.5. The molecule has 0 unspecified atom stereocenters. The van der Waals surface area contributed by atoms with Gasteiger partial charge in [-0.25, -0.2) is 13.8 Å². The highest BCUT2D eigenvalue weighted by molar-refractivity contribution is 6.17. The molecule has 1 aromatic rings. The number of rotatable bonds is 2. The Morgan fingerprint density at radius 3 is 2.71 bits per heavy atom. The molecule has 74 valence electrons. The van der Waals surface area contributed by atoms with E-state index in [-0.39, 0.29) is 22.8 Å². The van der Waals surface area contributed by atoms with Crippen LogP contribution >= 0.6 is 11.6 Å². The first-order chi connectivity index (χ1) is 6.61. The summed E-state index contributed by atoms with van der Waals surface area (Å²) in [4.78, 5) is 3.60. The van der Waals surface area contributed by atoms with E-state index in [1.54, 1.807) is 6.07 Å². The van der Waals surface area contributed by atoms with Gasteiger partial charge in [0.05, 0.1) is 0 Å². The van der Waals surface area contributed by atoms with Gasteiger partial charge in [0, 0.05) is 17.6 Å². The molecule has 0 aliphatic carbocycles. The summed E-state index contributed by atoms with van der Waals surface area (Å²) in [5.74, 6) is -0.321. The van der Waals surface area contributed by atoms with Crippen LogP contribution in [0.4, 0.5) is 14.6 Å². The van der Waals surface area contributed by atoms with Gasteiger partial charge in [0.15, 0.2) is 0 Å². The molecular formula is C8H6ClF2N3. The van der Waals surface area contributed by atoms with Crippen molar-refractivity contribution in [2.24, 2.45) is 0 Å². The summed E-state index contributed by atoms with van der Waals surface area (Å²) in [6.45, 7) is 0. The fraction of sp³-hybridized carbons (Fsp3) is 0.250. The van der Waals surface area contributed by atoms with Gasteiger partial charge in [-0.05, 0) is 5.56 Å². The first-order valence-corrected chi connectivity index (χ1v) is 4.16. The monoisotopic (exact) mass is 217 g/mol. The number of nitriles is 1. The van der Waals surface area contributed by atoms with E-state index in [0.29, 0.717) is 0 Å². The lowest BCUT2D eigenvalue weighted by atomic mass is 10.1. The lowest BCUT2D eigenvalue weighted by molar-refractivity contribution is 0.150. The summed E-state index contributed by atoms with van der Waals surface area (Å²) < 4.78 is 25.1. The molecule has 1 heterocycles. The van der Waals surface area contributed by atoms with E-state index >= 15 is 0 Å². The number of anilines is 1. The number of hydrogen-bond acceptors (Lipinski definition) is 3. The summed E-state index contributed by atoms with van der Waals surface area (Å²) in [7, 11) is 0. The molecule has 0 aliphatic heterocycles. The maximum atomic E-state index is 12.5. The Hall–Kier alpha value is -1.41. The molecule has 1 rings (SSSR count). The van der Waals surface area contributed by atoms with E-state index in [1.165, 1.54) is 0 Å². The van der Waals surface area contributed by atoms with E-state index in [9.17, 15) is 8.78 Å². The third-order valence-corrected chi connectivity index (χ3v) is 1.99. The van der Waals surface area contributed by atoms with Gasteiger partial charge in [0.2, 0.25) is 0 Å². The summed E-state index contributed by atoms with van der Waals surface area (Å²) in [5.41, 5.74) is 4.70. The van der Waals surface area contributed by atoms with Gasteiger partial charge >= 0.3 is 0 Å². The average molecular weight is 218 g/mol. The number of aromatic nitrogens is 1.